The first-order chi connectivity index (χ1) is 12.6. The van der Waals surface area contributed by atoms with E-state index in [1.54, 1.807) is 0 Å². The molecule has 1 aliphatic carbocycles. The first kappa shape index (κ1) is 17.0. The fourth-order valence-electron chi connectivity index (χ4n) is 3.37. The van der Waals surface area contributed by atoms with Gasteiger partial charge in [-0.05, 0) is 55.9 Å². The SMILES string of the molecule is Cc1nc(NN=Cc2ccc(N(C)C)cc2)c2c3c(sc2n1)CCCC3. The molecule has 0 bridgehead atoms. The van der Waals surface area contributed by atoms with Gasteiger partial charge < -0.3 is 4.90 Å². The van der Waals surface area contributed by atoms with Crippen LogP contribution in [0.5, 0.6) is 0 Å². The quantitative estimate of drug-likeness (QED) is 0.550. The molecule has 0 unspecified atom stereocenters. The van der Waals surface area contributed by atoms with Crippen LogP contribution in [0.4, 0.5) is 11.5 Å². The Hall–Kier alpha value is -2.47. The second kappa shape index (κ2) is 7.03. The van der Waals surface area contributed by atoms with E-state index in [-0.39, 0.29) is 0 Å². The molecule has 2 heterocycles. The molecule has 0 spiro atoms. The van der Waals surface area contributed by atoms with Crippen molar-refractivity contribution < 1.29 is 0 Å². The zero-order valence-corrected chi connectivity index (χ0v) is 16.2. The fraction of sp³-hybridized carbons (Fsp3) is 0.350. The predicted octanol–water partition coefficient (Wildman–Crippen LogP) is 4.39. The van der Waals surface area contributed by atoms with Gasteiger partial charge in [-0.1, -0.05) is 12.1 Å². The highest BCUT2D eigenvalue weighted by Crippen LogP contribution is 2.38. The van der Waals surface area contributed by atoms with Gasteiger partial charge in [0.25, 0.3) is 0 Å². The number of fused-ring (bicyclic) bond motifs is 3. The van der Waals surface area contributed by atoms with E-state index in [1.165, 1.54) is 29.0 Å². The third-order valence-corrected chi connectivity index (χ3v) is 5.91. The standard InChI is InChI=1S/C20H23N5S/c1-13-22-19(18-16-6-4-5-7-17(16)26-20(18)23-13)24-21-12-14-8-10-15(11-9-14)25(2)3/h8-12H,4-7H2,1-3H3,(H,22,23,24). The molecule has 4 rings (SSSR count). The number of nitrogens with one attached hydrogen (secondary N) is 1. The van der Waals surface area contributed by atoms with E-state index in [0.29, 0.717) is 0 Å². The number of hydrazone groups is 1. The smallest absolute Gasteiger partial charge is 0.158 e. The van der Waals surface area contributed by atoms with E-state index < -0.39 is 0 Å². The van der Waals surface area contributed by atoms with Crippen molar-refractivity contribution in [2.45, 2.75) is 32.6 Å². The van der Waals surface area contributed by atoms with Crippen LogP contribution in [-0.2, 0) is 12.8 Å². The van der Waals surface area contributed by atoms with E-state index in [2.05, 4.69) is 49.7 Å². The lowest BCUT2D eigenvalue weighted by atomic mass is 9.97. The lowest BCUT2D eigenvalue weighted by Crippen LogP contribution is -2.08. The van der Waals surface area contributed by atoms with Gasteiger partial charge in [0, 0.05) is 24.7 Å². The minimum atomic E-state index is 0.782. The molecule has 6 heteroatoms. The monoisotopic (exact) mass is 365 g/mol. The van der Waals surface area contributed by atoms with E-state index in [0.717, 1.165) is 40.3 Å². The zero-order valence-electron chi connectivity index (χ0n) is 15.4. The average Bonchev–Trinajstić information content (AvgIpc) is 3.00. The van der Waals surface area contributed by atoms with Gasteiger partial charge in [-0.25, -0.2) is 9.97 Å². The summed E-state index contributed by atoms with van der Waals surface area (Å²) < 4.78 is 0. The highest BCUT2D eigenvalue weighted by atomic mass is 32.1. The summed E-state index contributed by atoms with van der Waals surface area (Å²) in [5.74, 6) is 1.61. The van der Waals surface area contributed by atoms with Crippen molar-refractivity contribution in [1.29, 1.82) is 0 Å². The highest BCUT2D eigenvalue weighted by Gasteiger charge is 2.20. The van der Waals surface area contributed by atoms with Crippen LogP contribution in [0.2, 0.25) is 0 Å². The summed E-state index contributed by atoms with van der Waals surface area (Å²) in [6.07, 6.45) is 6.63. The van der Waals surface area contributed by atoms with Crippen molar-refractivity contribution in [3.8, 4) is 0 Å². The average molecular weight is 366 g/mol. The summed E-state index contributed by atoms with van der Waals surface area (Å²) in [6.45, 7) is 1.94. The number of thiophene rings is 1. The molecule has 1 aliphatic rings. The summed E-state index contributed by atoms with van der Waals surface area (Å²) in [4.78, 5) is 13.9. The lowest BCUT2D eigenvalue weighted by molar-refractivity contribution is 0.700. The van der Waals surface area contributed by atoms with Gasteiger partial charge in [-0.15, -0.1) is 11.3 Å². The molecule has 0 saturated carbocycles. The molecule has 0 fully saturated rings. The summed E-state index contributed by atoms with van der Waals surface area (Å²) in [6, 6.07) is 8.30. The predicted molar refractivity (Wildman–Crippen MR) is 111 cm³/mol. The van der Waals surface area contributed by atoms with E-state index in [9.17, 15) is 0 Å². The summed E-state index contributed by atoms with van der Waals surface area (Å²) >= 11 is 1.81. The Morgan fingerprint density at radius 1 is 1.12 bits per heavy atom. The van der Waals surface area contributed by atoms with Crippen molar-refractivity contribution in [3.63, 3.8) is 0 Å². The largest absolute Gasteiger partial charge is 0.378 e. The molecular formula is C20H23N5S. The number of hydrogen-bond donors (Lipinski definition) is 1. The number of hydrogen-bond acceptors (Lipinski definition) is 6. The molecule has 1 N–H and O–H groups in total. The van der Waals surface area contributed by atoms with Gasteiger partial charge in [-0.3, -0.25) is 5.43 Å². The first-order valence-corrected chi connectivity index (χ1v) is 9.79. The van der Waals surface area contributed by atoms with E-state index in [1.807, 2.05) is 38.6 Å². The first-order valence-electron chi connectivity index (χ1n) is 8.97. The molecule has 5 nitrogen and oxygen atoms in total. The van der Waals surface area contributed by atoms with Gasteiger partial charge in [0.15, 0.2) is 5.82 Å². The van der Waals surface area contributed by atoms with Crippen LogP contribution in [0, 0.1) is 6.92 Å². The Bertz CT molecular complexity index is 956. The van der Waals surface area contributed by atoms with Gasteiger partial charge in [0.2, 0.25) is 0 Å². The molecular weight excluding hydrogens is 342 g/mol. The van der Waals surface area contributed by atoms with E-state index in [4.69, 9.17) is 0 Å². The van der Waals surface area contributed by atoms with Gasteiger partial charge in [-0.2, -0.15) is 5.10 Å². The van der Waals surface area contributed by atoms with Crippen molar-refractivity contribution in [3.05, 3.63) is 46.1 Å². The molecule has 2 aromatic heterocycles. The number of aromatic nitrogens is 2. The fourth-order valence-corrected chi connectivity index (χ4v) is 4.68. The molecule has 0 aliphatic heterocycles. The number of nitrogens with zero attached hydrogens (tertiary/aromatic N) is 4. The van der Waals surface area contributed by atoms with Crippen LogP contribution in [0.15, 0.2) is 29.4 Å². The maximum atomic E-state index is 4.64. The molecule has 0 saturated heterocycles. The second-order valence-corrected chi connectivity index (χ2v) is 7.95. The minimum absolute atomic E-state index is 0.782. The molecule has 26 heavy (non-hydrogen) atoms. The van der Waals surface area contributed by atoms with Crippen molar-refractivity contribution in [2.24, 2.45) is 5.10 Å². The zero-order chi connectivity index (χ0) is 18.1. The summed E-state index contributed by atoms with van der Waals surface area (Å²) in [5.41, 5.74) is 6.81. The molecule has 0 amide bonds. The number of benzene rings is 1. The molecule has 0 atom stereocenters. The maximum Gasteiger partial charge on any atom is 0.158 e. The Morgan fingerprint density at radius 3 is 2.65 bits per heavy atom. The topological polar surface area (TPSA) is 53.4 Å². The Labute approximate surface area is 157 Å². The molecule has 3 aromatic rings. The number of anilines is 2. The van der Waals surface area contributed by atoms with Crippen LogP contribution >= 0.6 is 11.3 Å². The summed E-state index contributed by atoms with van der Waals surface area (Å²) in [7, 11) is 4.07. The maximum absolute atomic E-state index is 4.64. The Kier molecular flexibility index (Phi) is 4.59. The molecule has 134 valence electrons. The molecule has 0 radical (unpaired) electrons. The minimum Gasteiger partial charge on any atom is -0.378 e. The van der Waals surface area contributed by atoms with Crippen molar-refractivity contribution >= 4 is 39.3 Å². The lowest BCUT2D eigenvalue weighted by Gasteiger charge is -2.12. The van der Waals surface area contributed by atoms with Crippen LogP contribution < -0.4 is 10.3 Å². The Morgan fingerprint density at radius 2 is 1.88 bits per heavy atom. The van der Waals surface area contributed by atoms with Gasteiger partial charge in [0.05, 0.1) is 11.6 Å². The number of aryl methyl sites for hydroxylation is 3. The summed E-state index contributed by atoms with van der Waals surface area (Å²) in [5, 5.41) is 5.59. The van der Waals surface area contributed by atoms with Crippen LogP contribution in [-0.4, -0.2) is 30.3 Å². The van der Waals surface area contributed by atoms with Crippen molar-refractivity contribution in [2.75, 3.05) is 24.4 Å². The van der Waals surface area contributed by atoms with Crippen LogP contribution in [0.25, 0.3) is 10.2 Å². The van der Waals surface area contributed by atoms with E-state index >= 15 is 0 Å². The third-order valence-electron chi connectivity index (χ3n) is 4.72. The van der Waals surface area contributed by atoms with Crippen LogP contribution in [0.1, 0.15) is 34.7 Å². The van der Waals surface area contributed by atoms with Gasteiger partial charge >= 0.3 is 0 Å². The third kappa shape index (κ3) is 3.29. The van der Waals surface area contributed by atoms with Gasteiger partial charge in [0.1, 0.15) is 10.7 Å². The normalized spacial score (nSPS) is 14.0. The second-order valence-electron chi connectivity index (χ2n) is 6.87. The van der Waals surface area contributed by atoms with Crippen molar-refractivity contribution in [1.82, 2.24) is 9.97 Å². The molecule has 1 aromatic carbocycles. The van der Waals surface area contributed by atoms with Crippen LogP contribution in [0.3, 0.4) is 0 Å². The Balaban J connectivity index is 1.61. The highest BCUT2D eigenvalue weighted by molar-refractivity contribution is 7.19. The number of rotatable bonds is 4.